The molecule has 1 aromatic carbocycles. The number of hydrogen-bond donors (Lipinski definition) is 0. The Labute approximate surface area is 155 Å². The molecular formula is C20H19N3O4. The summed E-state index contributed by atoms with van der Waals surface area (Å²) in [7, 11) is 0. The molecule has 0 saturated carbocycles. The lowest BCUT2D eigenvalue weighted by atomic mass is 10.1. The summed E-state index contributed by atoms with van der Waals surface area (Å²) >= 11 is 0. The molecule has 1 atom stereocenters. The fourth-order valence-electron chi connectivity index (χ4n) is 3.27. The smallest absolute Gasteiger partial charge is 0.349 e. The summed E-state index contributed by atoms with van der Waals surface area (Å²) in [5.41, 5.74) is -0.0987. The van der Waals surface area contributed by atoms with E-state index < -0.39 is 5.63 Å². The van der Waals surface area contributed by atoms with Gasteiger partial charge in [-0.3, -0.25) is 4.79 Å². The normalized spacial score (nSPS) is 17.1. The Hall–Kier alpha value is -3.22. The van der Waals surface area contributed by atoms with Crippen molar-refractivity contribution >= 4 is 16.9 Å². The average Bonchev–Trinajstić information content (AvgIpc) is 2.67. The van der Waals surface area contributed by atoms with Gasteiger partial charge in [0.25, 0.3) is 5.91 Å². The molecule has 138 valence electrons. The first-order valence-electron chi connectivity index (χ1n) is 8.88. The van der Waals surface area contributed by atoms with Gasteiger partial charge in [0.2, 0.25) is 5.88 Å². The van der Waals surface area contributed by atoms with Gasteiger partial charge in [0.15, 0.2) is 0 Å². The van der Waals surface area contributed by atoms with Crippen LogP contribution in [0.25, 0.3) is 11.0 Å². The standard InChI is InChI=1S/C20H19N3O4/c1-13-21-9-8-18(22-13)26-15-6-4-10-23(12-15)19(24)16-11-14-5-2-3-7-17(14)27-20(16)25/h2-3,5,7-9,11,15H,4,6,10,12H2,1H3. The van der Waals surface area contributed by atoms with Crippen LogP contribution < -0.4 is 10.4 Å². The Morgan fingerprint density at radius 2 is 2.15 bits per heavy atom. The van der Waals surface area contributed by atoms with Crippen LogP contribution in [-0.4, -0.2) is 40.0 Å². The first kappa shape index (κ1) is 17.2. The number of ether oxygens (including phenoxy) is 1. The topological polar surface area (TPSA) is 85.5 Å². The number of carbonyl (C=O) groups is 1. The predicted octanol–water partition coefficient (Wildman–Crippen LogP) is 2.58. The van der Waals surface area contributed by atoms with Gasteiger partial charge in [-0.1, -0.05) is 18.2 Å². The second-order valence-corrected chi connectivity index (χ2v) is 6.56. The Morgan fingerprint density at radius 1 is 1.30 bits per heavy atom. The molecule has 1 amide bonds. The molecule has 3 aromatic rings. The van der Waals surface area contributed by atoms with Crippen LogP contribution in [0.5, 0.6) is 5.88 Å². The van der Waals surface area contributed by atoms with Gasteiger partial charge in [-0.05, 0) is 31.9 Å². The van der Waals surface area contributed by atoms with Crippen molar-refractivity contribution in [2.75, 3.05) is 13.1 Å². The second kappa shape index (κ2) is 7.19. The minimum Gasteiger partial charge on any atom is -0.472 e. The number of hydrogen-bond acceptors (Lipinski definition) is 6. The Balaban J connectivity index is 1.53. The molecule has 3 heterocycles. The highest BCUT2D eigenvalue weighted by Crippen LogP contribution is 2.19. The summed E-state index contributed by atoms with van der Waals surface area (Å²) in [6.07, 6.45) is 3.08. The number of fused-ring (bicyclic) bond motifs is 1. The van der Waals surface area contributed by atoms with E-state index in [2.05, 4.69) is 9.97 Å². The molecule has 1 aliphatic heterocycles. The molecule has 0 N–H and O–H groups in total. The average molecular weight is 365 g/mol. The zero-order valence-corrected chi connectivity index (χ0v) is 14.9. The summed E-state index contributed by atoms with van der Waals surface area (Å²) in [4.78, 5) is 35.1. The van der Waals surface area contributed by atoms with Crippen LogP contribution in [0.2, 0.25) is 0 Å². The first-order chi connectivity index (χ1) is 13.1. The Kier molecular flexibility index (Phi) is 4.58. The van der Waals surface area contributed by atoms with Crippen LogP contribution in [-0.2, 0) is 0 Å². The number of likely N-dealkylation sites (tertiary alicyclic amines) is 1. The lowest BCUT2D eigenvalue weighted by Gasteiger charge is -2.32. The van der Waals surface area contributed by atoms with Gasteiger partial charge >= 0.3 is 5.63 Å². The molecule has 1 aliphatic rings. The Bertz CT molecular complexity index is 1050. The third-order valence-electron chi connectivity index (χ3n) is 4.58. The number of aromatic nitrogens is 2. The van der Waals surface area contributed by atoms with Crippen molar-refractivity contribution in [3.05, 3.63) is 64.4 Å². The molecular weight excluding hydrogens is 346 g/mol. The quantitative estimate of drug-likeness (QED) is 0.663. The highest BCUT2D eigenvalue weighted by molar-refractivity contribution is 5.96. The van der Waals surface area contributed by atoms with Crippen LogP contribution in [0.3, 0.4) is 0 Å². The molecule has 0 radical (unpaired) electrons. The van der Waals surface area contributed by atoms with Crippen molar-refractivity contribution < 1.29 is 13.9 Å². The van der Waals surface area contributed by atoms with E-state index in [-0.39, 0.29) is 17.6 Å². The molecule has 1 saturated heterocycles. The minimum absolute atomic E-state index is 0.0484. The lowest BCUT2D eigenvalue weighted by molar-refractivity contribution is 0.0523. The number of aryl methyl sites for hydroxylation is 1. The second-order valence-electron chi connectivity index (χ2n) is 6.56. The largest absolute Gasteiger partial charge is 0.472 e. The molecule has 27 heavy (non-hydrogen) atoms. The van der Waals surface area contributed by atoms with Gasteiger partial charge in [0.1, 0.15) is 23.1 Å². The van der Waals surface area contributed by atoms with Gasteiger partial charge in [0, 0.05) is 24.2 Å². The fourth-order valence-corrected chi connectivity index (χ4v) is 3.27. The molecule has 0 bridgehead atoms. The molecule has 4 rings (SSSR count). The first-order valence-corrected chi connectivity index (χ1v) is 8.88. The van der Waals surface area contributed by atoms with Gasteiger partial charge in [0.05, 0.1) is 6.54 Å². The summed E-state index contributed by atoms with van der Waals surface area (Å²) in [5.74, 6) is 0.790. The monoisotopic (exact) mass is 365 g/mol. The van der Waals surface area contributed by atoms with E-state index in [0.717, 1.165) is 18.2 Å². The zero-order chi connectivity index (χ0) is 18.8. The number of benzene rings is 1. The number of amides is 1. The molecule has 0 aliphatic carbocycles. The highest BCUT2D eigenvalue weighted by atomic mass is 16.5. The molecule has 7 nitrogen and oxygen atoms in total. The maximum Gasteiger partial charge on any atom is 0.349 e. The van der Waals surface area contributed by atoms with E-state index in [1.165, 1.54) is 0 Å². The van der Waals surface area contributed by atoms with E-state index in [9.17, 15) is 9.59 Å². The molecule has 2 aromatic heterocycles. The van der Waals surface area contributed by atoms with Crippen molar-refractivity contribution in [3.63, 3.8) is 0 Å². The van der Waals surface area contributed by atoms with Gasteiger partial charge in [-0.2, -0.15) is 4.98 Å². The molecule has 1 fully saturated rings. The van der Waals surface area contributed by atoms with Crippen LogP contribution in [0.4, 0.5) is 0 Å². The maximum absolute atomic E-state index is 12.9. The van der Waals surface area contributed by atoms with Gasteiger partial charge in [-0.15, -0.1) is 0 Å². The molecule has 7 heteroatoms. The summed E-state index contributed by atoms with van der Waals surface area (Å²) in [5, 5.41) is 0.724. The van der Waals surface area contributed by atoms with E-state index in [1.54, 1.807) is 42.3 Å². The fraction of sp³-hybridized carbons (Fsp3) is 0.300. The van der Waals surface area contributed by atoms with E-state index in [0.29, 0.717) is 30.4 Å². The van der Waals surface area contributed by atoms with Crippen molar-refractivity contribution in [2.45, 2.75) is 25.9 Å². The third kappa shape index (κ3) is 3.67. The van der Waals surface area contributed by atoms with E-state index in [4.69, 9.17) is 9.15 Å². The lowest BCUT2D eigenvalue weighted by Crippen LogP contribution is -2.45. The number of para-hydroxylation sites is 1. The predicted molar refractivity (Wildman–Crippen MR) is 98.8 cm³/mol. The van der Waals surface area contributed by atoms with Gasteiger partial charge in [-0.25, -0.2) is 9.78 Å². The Morgan fingerprint density at radius 3 is 3.00 bits per heavy atom. The van der Waals surface area contributed by atoms with Gasteiger partial charge < -0.3 is 14.1 Å². The minimum atomic E-state index is -0.617. The number of carbonyl (C=O) groups excluding carboxylic acids is 1. The van der Waals surface area contributed by atoms with Crippen molar-refractivity contribution in [2.24, 2.45) is 0 Å². The van der Waals surface area contributed by atoms with Crippen LogP contribution in [0.1, 0.15) is 29.0 Å². The number of rotatable bonds is 3. The highest BCUT2D eigenvalue weighted by Gasteiger charge is 2.28. The third-order valence-corrected chi connectivity index (χ3v) is 4.58. The molecule has 0 spiro atoms. The summed E-state index contributed by atoms with van der Waals surface area (Å²) in [6, 6.07) is 10.4. The SMILES string of the molecule is Cc1nccc(OC2CCCN(C(=O)c3cc4ccccc4oc3=O)C2)n1. The van der Waals surface area contributed by atoms with Crippen molar-refractivity contribution in [3.8, 4) is 5.88 Å². The summed E-state index contributed by atoms with van der Waals surface area (Å²) < 4.78 is 11.2. The summed E-state index contributed by atoms with van der Waals surface area (Å²) in [6.45, 7) is 2.77. The zero-order valence-electron chi connectivity index (χ0n) is 14.9. The maximum atomic E-state index is 12.9. The van der Waals surface area contributed by atoms with E-state index in [1.807, 2.05) is 12.1 Å². The van der Waals surface area contributed by atoms with Crippen LogP contribution >= 0.6 is 0 Å². The van der Waals surface area contributed by atoms with Crippen LogP contribution in [0, 0.1) is 6.92 Å². The van der Waals surface area contributed by atoms with Crippen molar-refractivity contribution in [1.82, 2.24) is 14.9 Å². The number of piperidine rings is 1. The molecule has 1 unspecified atom stereocenters. The van der Waals surface area contributed by atoms with Crippen LogP contribution in [0.15, 0.2) is 51.8 Å². The van der Waals surface area contributed by atoms with Crippen molar-refractivity contribution in [1.29, 1.82) is 0 Å². The number of nitrogens with zero attached hydrogens (tertiary/aromatic N) is 3. The van der Waals surface area contributed by atoms with E-state index >= 15 is 0 Å².